The van der Waals surface area contributed by atoms with Gasteiger partial charge in [0.2, 0.25) is 6.08 Å². The Kier molecular flexibility index (Phi) is 3.77. The van der Waals surface area contributed by atoms with Crippen LogP contribution in [0.4, 0.5) is 4.39 Å². The number of benzene rings is 1. The molecule has 0 bridgehead atoms. The number of nitrogens with zero attached hydrogens (tertiary/aromatic N) is 1. The van der Waals surface area contributed by atoms with Crippen molar-refractivity contribution in [3.63, 3.8) is 0 Å². The van der Waals surface area contributed by atoms with Crippen LogP contribution in [-0.4, -0.2) is 9.63 Å². The topological polar surface area (TPSA) is 29.4 Å². The summed E-state index contributed by atoms with van der Waals surface area (Å²) in [6.07, 6.45) is 1.88. The zero-order valence-corrected chi connectivity index (χ0v) is 9.79. The van der Waals surface area contributed by atoms with Crippen molar-refractivity contribution in [1.29, 1.82) is 0 Å². The summed E-state index contributed by atoms with van der Waals surface area (Å²) in [5, 5.41) is 0. The van der Waals surface area contributed by atoms with Gasteiger partial charge in [-0.05, 0) is 18.6 Å². The van der Waals surface area contributed by atoms with E-state index in [-0.39, 0.29) is 5.82 Å². The van der Waals surface area contributed by atoms with Gasteiger partial charge in [0.1, 0.15) is 9.36 Å². The summed E-state index contributed by atoms with van der Waals surface area (Å²) in [6, 6.07) is 6.47. The minimum Gasteiger partial charge on any atom is -0.211 e. The van der Waals surface area contributed by atoms with Crippen LogP contribution in [0.1, 0.15) is 12.5 Å². The molecule has 1 rings (SSSR count). The molecule has 0 aromatic heterocycles. The first-order valence-electron chi connectivity index (χ1n) is 4.06. The number of halogens is 2. The highest BCUT2D eigenvalue weighted by atomic mass is 127. The van der Waals surface area contributed by atoms with Crippen LogP contribution in [0.5, 0.6) is 0 Å². The van der Waals surface area contributed by atoms with Gasteiger partial charge in [0.15, 0.2) is 0 Å². The van der Waals surface area contributed by atoms with Crippen LogP contribution >= 0.6 is 22.6 Å². The average Bonchev–Trinajstić information content (AvgIpc) is 2.08. The maximum Gasteiger partial charge on any atom is 0.236 e. The van der Waals surface area contributed by atoms with E-state index in [2.05, 4.69) is 4.99 Å². The van der Waals surface area contributed by atoms with E-state index in [4.69, 9.17) is 0 Å². The molecule has 1 unspecified atom stereocenters. The molecule has 0 aliphatic carbocycles. The fraction of sp³-hybridized carbons (Fsp3) is 0.300. The van der Waals surface area contributed by atoms with Crippen LogP contribution in [0.2, 0.25) is 0 Å². The third kappa shape index (κ3) is 3.20. The highest BCUT2D eigenvalue weighted by molar-refractivity contribution is 14.1. The second kappa shape index (κ2) is 4.66. The molecule has 1 aromatic rings. The third-order valence-electron chi connectivity index (χ3n) is 1.75. The number of carbonyl (C=O) groups excluding carboxylic acids is 1. The molecular formula is C10H9FINO. The molecular weight excluding hydrogens is 296 g/mol. The van der Waals surface area contributed by atoms with E-state index in [1.807, 2.05) is 22.6 Å². The van der Waals surface area contributed by atoms with E-state index in [0.29, 0.717) is 12.0 Å². The quantitative estimate of drug-likeness (QED) is 0.278. The van der Waals surface area contributed by atoms with Gasteiger partial charge in [-0.2, -0.15) is 4.99 Å². The lowest BCUT2D eigenvalue weighted by Gasteiger charge is -2.15. The van der Waals surface area contributed by atoms with Gasteiger partial charge in [-0.15, -0.1) is 0 Å². The van der Waals surface area contributed by atoms with Crippen LogP contribution in [0.25, 0.3) is 0 Å². The third-order valence-corrected chi connectivity index (χ3v) is 2.37. The minimum atomic E-state index is -0.623. The lowest BCUT2D eigenvalue weighted by Crippen LogP contribution is -2.16. The molecule has 1 atom stereocenters. The summed E-state index contributed by atoms with van der Waals surface area (Å²) in [5.41, 5.74) is 0.559. The zero-order valence-electron chi connectivity index (χ0n) is 7.63. The van der Waals surface area contributed by atoms with Crippen LogP contribution in [0, 0.1) is 5.82 Å². The molecule has 0 N–H and O–H groups in total. The zero-order chi connectivity index (χ0) is 10.6. The second-order valence-corrected chi connectivity index (χ2v) is 5.44. The van der Waals surface area contributed by atoms with E-state index >= 15 is 0 Å². The van der Waals surface area contributed by atoms with Gasteiger partial charge >= 0.3 is 0 Å². The van der Waals surface area contributed by atoms with Crippen molar-refractivity contribution in [2.45, 2.75) is 16.9 Å². The largest absolute Gasteiger partial charge is 0.236 e. The van der Waals surface area contributed by atoms with Crippen molar-refractivity contribution in [3.05, 3.63) is 35.6 Å². The summed E-state index contributed by atoms with van der Waals surface area (Å²) >= 11 is 2.00. The molecule has 0 amide bonds. The van der Waals surface area contributed by atoms with E-state index < -0.39 is 3.55 Å². The van der Waals surface area contributed by atoms with E-state index in [9.17, 15) is 9.18 Å². The standard InChI is InChI=1S/C10H9FINO/c1-10(12,13-7-14)6-8-4-2-3-5-9(8)11/h2-5H,6H2,1H3. The van der Waals surface area contributed by atoms with Crippen molar-refractivity contribution >= 4 is 28.7 Å². The normalized spacial score (nSPS) is 14.2. The smallest absolute Gasteiger partial charge is 0.211 e. The fourth-order valence-corrected chi connectivity index (χ4v) is 1.63. The molecule has 0 aliphatic heterocycles. The SMILES string of the molecule is CC(I)(Cc1ccccc1F)N=C=O. The van der Waals surface area contributed by atoms with Gasteiger partial charge in [0.05, 0.1) is 0 Å². The van der Waals surface area contributed by atoms with Crippen LogP contribution in [0.3, 0.4) is 0 Å². The number of alkyl halides is 1. The number of rotatable bonds is 3. The van der Waals surface area contributed by atoms with Gasteiger partial charge in [0.25, 0.3) is 0 Å². The average molecular weight is 305 g/mol. The number of hydrogen-bond donors (Lipinski definition) is 0. The van der Waals surface area contributed by atoms with Gasteiger partial charge in [-0.25, -0.2) is 9.18 Å². The first-order chi connectivity index (χ1) is 6.55. The maximum atomic E-state index is 13.2. The molecule has 2 nitrogen and oxygen atoms in total. The summed E-state index contributed by atoms with van der Waals surface area (Å²) in [4.78, 5) is 13.7. The van der Waals surface area contributed by atoms with E-state index in [1.54, 1.807) is 25.1 Å². The minimum absolute atomic E-state index is 0.267. The number of aliphatic imine (C=N–C) groups is 1. The van der Waals surface area contributed by atoms with Gasteiger partial charge < -0.3 is 0 Å². The van der Waals surface area contributed by atoms with E-state index in [0.717, 1.165) is 0 Å². The van der Waals surface area contributed by atoms with Crippen molar-refractivity contribution in [1.82, 2.24) is 0 Å². The fourth-order valence-electron chi connectivity index (χ4n) is 1.12. The van der Waals surface area contributed by atoms with Crippen molar-refractivity contribution < 1.29 is 9.18 Å². The molecule has 14 heavy (non-hydrogen) atoms. The molecule has 74 valence electrons. The van der Waals surface area contributed by atoms with Gasteiger partial charge in [0, 0.05) is 6.42 Å². The highest BCUT2D eigenvalue weighted by Crippen LogP contribution is 2.25. The molecule has 0 radical (unpaired) electrons. The predicted octanol–water partition coefficient (Wildman–Crippen LogP) is 2.86. The maximum absolute atomic E-state index is 13.2. The summed E-state index contributed by atoms with van der Waals surface area (Å²) < 4.78 is 12.6. The van der Waals surface area contributed by atoms with Gasteiger partial charge in [-0.1, -0.05) is 40.8 Å². The summed E-state index contributed by atoms with van der Waals surface area (Å²) in [5.74, 6) is -0.267. The van der Waals surface area contributed by atoms with E-state index in [1.165, 1.54) is 12.1 Å². The van der Waals surface area contributed by atoms with Crippen LogP contribution in [0.15, 0.2) is 29.3 Å². The summed E-state index contributed by atoms with van der Waals surface area (Å²) in [7, 11) is 0. The Morgan fingerprint density at radius 2 is 2.21 bits per heavy atom. The molecule has 4 heteroatoms. The molecule has 0 saturated heterocycles. The molecule has 0 heterocycles. The Labute approximate surface area is 95.4 Å². The van der Waals surface area contributed by atoms with Crippen LogP contribution in [-0.2, 0) is 11.2 Å². The molecule has 0 fully saturated rings. The van der Waals surface area contributed by atoms with Gasteiger partial charge in [-0.3, -0.25) is 0 Å². The second-order valence-electron chi connectivity index (χ2n) is 3.11. The van der Waals surface area contributed by atoms with Crippen molar-refractivity contribution in [2.75, 3.05) is 0 Å². The number of hydrogen-bond acceptors (Lipinski definition) is 2. The van der Waals surface area contributed by atoms with Crippen molar-refractivity contribution in [2.24, 2.45) is 4.99 Å². The molecule has 0 saturated carbocycles. The monoisotopic (exact) mass is 305 g/mol. The Balaban J connectivity index is 2.88. The van der Waals surface area contributed by atoms with Crippen LogP contribution < -0.4 is 0 Å². The number of isocyanates is 1. The molecule has 0 spiro atoms. The summed E-state index contributed by atoms with van der Waals surface area (Å²) in [6.45, 7) is 1.75. The predicted molar refractivity (Wildman–Crippen MR) is 60.7 cm³/mol. The lowest BCUT2D eigenvalue weighted by molar-refractivity contribution is 0.552. The lowest BCUT2D eigenvalue weighted by atomic mass is 10.1. The first-order valence-corrected chi connectivity index (χ1v) is 5.14. The Hall–Kier alpha value is -0.740. The van der Waals surface area contributed by atoms with Crippen molar-refractivity contribution in [3.8, 4) is 0 Å². The Morgan fingerprint density at radius 3 is 2.79 bits per heavy atom. The highest BCUT2D eigenvalue weighted by Gasteiger charge is 2.20. The molecule has 1 aromatic carbocycles. The Bertz CT molecular complexity index is 372. The first kappa shape index (κ1) is 11.3. The Morgan fingerprint density at radius 1 is 1.57 bits per heavy atom. The molecule has 0 aliphatic rings.